The summed E-state index contributed by atoms with van der Waals surface area (Å²) in [7, 11) is -0.758. The molecule has 0 atom stereocenters. The molecule has 0 aromatic carbocycles. The largest absolute Gasteiger partial charge is 0.499 e. The van der Waals surface area contributed by atoms with Gasteiger partial charge >= 0.3 is 7.12 Å². The second kappa shape index (κ2) is 4.95. The smallest absolute Gasteiger partial charge is 0.472 e. The van der Waals surface area contributed by atoms with Crippen molar-refractivity contribution in [2.75, 3.05) is 0 Å². The zero-order valence-corrected chi connectivity index (χ0v) is 13.8. The first-order valence-corrected chi connectivity index (χ1v) is 7.12. The van der Waals surface area contributed by atoms with E-state index in [2.05, 4.69) is 4.98 Å². The van der Waals surface area contributed by atoms with E-state index in [1.165, 1.54) is 0 Å². The third-order valence-electron chi connectivity index (χ3n) is 3.77. The highest BCUT2D eigenvalue weighted by Crippen LogP contribution is 2.36. The van der Waals surface area contributed by atoms with E-state index in [-0.39, 0.29) is 11.3 Å². The summed E-state index contributed by atoms with van der Waals surface area (Å²) in [6.45, 7) is 13.4. The first-order chi connectivity index (χ1) is 9.41. The quantitative estimate of drug-likeness (QED) is 0.621. The Bertz CT molecular complexity index is 524. The maximum atomic E-state index is 14.2. The molecule has 2 rings (SSSR count). The SMILES string of the molecule is CC(C)(C)Oc1ccc(B2OC(C)(C)C(C)(C)O2)c(F)n1. The van der Waals surface area contributed by atoms with Gasteiger partial charge in [0.25, 0.3) is 0 Å². The van der Waals surface area contributed by atoms with E-state index in [0.29, 0.717) is 0 Å². The zero-order chi connectivity index (χ0) is 16.1. The van der Waals surface area contributed by atoms with Gasteiger partial charge in [0.1, 0.15) is 5.60 Å². The molecule has 0 amide bonds. The maximum absolute atomic E-state index is 14.2. The molecule has 0 aliphatic carbocycles. The minimum absolute atomic E-state index is 0.250. The molecule has 1 fully saturated rings. The molecular weight excluding hydrogens is 272 g/mol. The van der Waals surface area contributed by atoms with Crippen LogP contribution in [0.1, 0.15) is 48.5 Å². The molecule has 6 heteroatoms. The van der Waals surface area contributed by atoms with Gasteiger partial charge in [0.05, 0.1) is 11.2 Å². The van der Waals surface area contributed by atoms with Crippen LogP contribution < -0.4 is 10.2 Å². The molecule has 0 saturated carbocycles. The van der Waals surface area contributed by atoms with Gasteiger partial charge in [-0.3, -0.25) is 0 Å². The van der Waals surface area contributed by atoms with E-state index in [1.807, 2.05) is 48.5 Å². The molecule has 0 unspecified atom stereocenters. The van der Waals surface area contributed by atoms with E-state index in [4.69, 9.17) is 14.0 Å². The molecule has 0 bridgehead atoms. The van der Waals surface area contributed by atoms with E-state index >= 15 is 0 Å². The van der Waals surface area contributed by atoms with Crippen molar-refractivity contribution >= 4 is 12.6 Å². The molecule has 1 aliphatic heterocycles. The monoisotopic (exact) mass is 295 g/mol. The molecule has 21 heavy (non-hydrogen) atoms. The number of rotatable bonds is 2. The van der Waals surface area contributed by atoms with Crippen LogP contribution in [0.5, 0.6) is 5.88 Å². The first-order valence-electron chi connectivity index (χ1n) is 7.12. The molecule has 4 nitrogen and oxygen atoms in total. The summed E-state index contributed by atoms with van der Waals surface area (Å²) in [5.74, 6) is -0.379. The number of hydrogen-bond donors (Lipinski definition) is 0. The normalized spacial score (nSPS) is 20.7. The summed E-state index contributed by atoms with van der Waals surface area (Å²) in [6, 6.07) is 3.24. The second-order valence-electron chi connectivity index (χ2n) is 7.33. The molecule has 0 spiro atoms. The molecule has 1 aliphatic rings. The second-order valence-corrected chi connectivity index (χ2v) is 7.33. The van der Waals surface area contributed by atoms with Crippen LogP contribution in [0.2, 0.25) is 0 Å². The predicted molar refractivity (Wildman–Crippen MR) is 80.3 cm³/mol. The Hall–Kier alpha value is -1.14. The Kier molecular flexibility index (Phi) is 3.83. The van der Waals surface area contributed by atoms with Crippen molar-refractivity contribution < 1.29 is 18.4 Å². The van der Waals surface area contributed by atoms with Gasteiger partial charge in [-0.15, -0.1) is 0 Å². The molecule has 1 saturated heterocycles. The standard InChI is InChI=1S/C15H23BFNO3/c1-13(2,3)19-11-9-8-10(12(17)18-11)16-20-14(4,5)15(6,7)21-16/h8-9H,1-7H3. The number of hydrogen-bond acceptors (Lipinski definition) is 4. The highest BCUT2D eigenvalue weighted by Gasteiger charge is 2.52. The third kappa shape index (κ3) is 3.38. The minimum Gasteiger partial charge on any atom is -0.472 e. The van der Waals surface area contributed by atoms with Gasteiger partial charge in [0.15, 0.2) is 0 Å². The topological polar surface area (TPSA) is 40.6 Å². The highest BCUT2D eigenvalue weighted by atomic mass is 19.1. The summed E-state index contributed by atoms with van der Waals surface area (Å²) in [6.07, 6.45) is 0. The Morgan fingerprint density at radius 3 is 2.05 bits per heavy atom. The highest BCUT2D eigenvalue weighted by molar-refractivity contribution is 6.62. The van der Waals surface area contributed by atoms with Gasteiger partial charge in [0, 0.05) is 11.5 Å². The lowest BCUT2D eigenvalue weighted by atomic mass is 9.80. The van der Waals surface area contributed by atoms with Crippen LogP contribution in [0.15, 0.2) is 12.1 Å². The molecule has 1 aromatic heterocycles. The van der Waals surface area contributed by atoms with Crippen LogP contribution in [0.3, 0.4) is 0 Å². The van der Waals surface area contributed by atoms with E-state index in [9.17, 15) is 4.39 Å². The van der Waals surface area contributed by atoms with Crippen LogP contribution in [-0.2, 0) is 9.31 Å². The van der Waals surface area contributed by atoms with Gasteiger partial charge in [-0.2, -0.15) is 9.37 Å². The summed E-state index contributed by atoms with van der Waals surface area (Å²) in [5, 5.41) is 0. The lowest BCUT2D eigenvalue weighted by Crippen LogP contribution is -2.41. The maximum Gasteiger partial charge on any atom is 0.499 e. The molecule has 116 valence electrons. The van der Waals surface area contributed by atoms with Crippen molar-refractivity contribution in [1.29, 1.82) is 0 Å². The molecule has 0 N–H and O–H groups in total. The van der Waals surface area contributed by atoms with Crippen molar-refractivity contribution in [3.8, 4) is 5.88 Å². The molecular formula is C15H23BFNO3. The van der Waals surface area contributed by atoms with Gasteiger partial charge in [-0.1, -0.05) is 6.07 Å². The van der Waals surface area contributed by atoms with Crippen molar-refractivity contribution in [2.24, 2.45) is 0 Å². The van der Waals surface area contributed by atoms with Crippen molar-refractivity contribution in [3.63, 3.8) is 0 Å². The van der Waals surface area contributed by atoms with Gasteiger partial charge < -0.3 is 14.0 Å². The van der Waals surface area contributed by atoms with Crippen LogP contribution in [-0.4, -0.2) is 28.9 Å². The lowest BCUT2D eigenvalue weighted by Gasteiger charge is -2.32. The number of nitrogens with zero attached hydrogens (tertiary/aromatic N) is 1. The van der Waals surface area contributed by atoms with E-state index in [1.54, 1.807) is 12.1 Å². The Morgan fingerprint density at radius 2 is 1.62 bits per heavy atom. The molecule has 0 radical (unpaired) electrons. The summed E-state index contributed by atoms with van der Waals surface area (Å²) in [5.41, 5.74) is -1.16. The minimum atomic E-state index is -0.758. The van der Waals surface area contributed by atoms with Crippen LogP contribution in [0.25, 0.3) is 0 Å². The Morgan fingerprint density at radius 1 is 1.10 bits per heavy atom. The summed E-state index contributed by atoms with van der Waals surface area (Å²) >= 11 is 0. The van der Waals surface area contributed by atoms with Gasteiger partial charge in [-0.05, 0) is 48.5 Å². The van der Waals surface area contributed by atoms with Crippen LogP contribution in [0, 0.1) is 5.95 Å². The van der Waals surface area contributed by atoms with E-state index < -0.39 is 29.9 Å². The lowest BCUT2D eigenvalue weighted by molar-refractivity contribution is 0.00578. The number of ether oxygens (including phenoxy) is 1. The van der Waals surface area contributed by atoms with Crippen LogP contribution in [0.4, 0.5) is 4.39 Å². The summed E-state index contributed by atoms with van der Waals surface area (Å²) < 4.78 is 31.4. The van der Waals surface area contributed by atoms with Gasteiger partial charge in [0.2, 0.25) is 11.8 Å². The Labute approximate surface area is 126 Å². The fourth-order valence-corrected chi connectivity index (χ4v) is 1.94. The first kappa shape index (κ1) is 16.2. The van der Waals surface area contributed by atoms with E-state index in [0.717, 1.165) is 0 Å². The van der Waals surface area contributed by atoms with Crippen molar-refractivity contribution in [2.45, 2.75) is 65.3 Å². The Balaban J connectivity index is 2.23. The summed E-state index contributed by atoms with van der Waals surface area (Å²) in [4.78, 5) is 3.85. The number of halogens is 1. The molecule has 1 aromatic rings. The fraction of sp³-hybridized carbons (Fsp3) is 0.667. The average Bonchev–Trinajstić information content (AvgIpc) is 2.45. The third-order valence-corrected chi connectivity index (χ3v) is 3.77. The van der Waals surface area contributed by atoms with Crippen molar-refractivity contribution in [3.05, 3.63) is 18.1 Å². The average molecular weight is 295 g/mol. The number of pyridine rings is 1. The molecule has 2 heterocycles. The van der Waals surface area contributed by atoms with Crippen molar-refractivity contribution in [1.82, 2.24) is 4.98 Å². The fourth-order valence-electron chi connectivity index (χ4n) is 1.94. The predicted octanol–water partition coefficient (Wildman–Crippen LogP) is 2.70. The zero-order valence-electron chi connectivity index (χ0n) is 13.8. The van der Waals surface area contributed by atoms with Gasteiger partial charge in [-0.25, -0.2) is 0 Å². The number of aromatic nitrogens is 1. The van der Waals surface area contributed by atoms with Crippen LogP contribution >= 0.6 is 0 Å².